The Labute approximate surface area is 66.7 Å². The van der Waals surface area contributed by atoms with E-state index in [2.05, 4.69) is 24.3 Å². The number of nitriles is 2. The summed E-state index contributed by atoms with van der Waals surface area (Å²) < 4.78 is 0. The van der Waals surface area contributed by atoms with E-state index in [1.165, 1.54) is 0 Å². The van der Waals surface area contributed by atoms with E-state index < -0.39 is 0 Å². The average Bonchev–Trinajstić information content (AvgIpc) is 2.38. The van der Waals surface area contributed by atoms with Gasteiger partial charge in [0, 0.05) is 12.8 Å². The normalized spacial score (nSPS) is 27.8. The summed E-state index contributed by atoms with van der Waals surface area (Å²) >= 11 is 0. The number of hydrogen-bond donors (Lipinski definition) is 0. The highest BCUT2D eigenvalue weighted by Gasteiger charge is 2.17. The molecule has 2 heteroatoms. The molecule has 0 N–H and O–H groups in total. The second kappa shape index (κ2) is 3.78. The van der Waals surface area contributed by atoms with Crippen LogP contribution in [0.3, 0.4) is 0 Å². The zero-order valence-corrected chi connectivity index (χ0v) is 6.33. The van der Waals surface area contributed by atoms with Crippen molar-refractivity contribution in [2.24, 2.45) is 11.8 Å². The Morgan fingerprint density at radius 3 is 1.91 bits per heavy atom. The van der Waals surface area contributed by atoms with E-state index in [-0.39, 0.29) is 0 Å². The monoisotopic (exact) mass is 146 g/mol. The van der Waals surface area contributed by atoms with Gasteiger partial charge in [0.1, 0.15) is 0 Å². The van der Waals surface area contributed by atoms with Gasteiger partial charge >= 0.3 is 0 Å². The van der Waals surface area contributed by atoms with Crippen molar-refractivity contribution in [2.45, 2.75) is 19.3 Å². The maximum Gasteiger partial charge on any atom is 0.0627 e. The molecule has 0 saturated heterocycles. The van der Waals surface area contributed by atoms with Crippen LogP contribution in [0.5, 0.6) is 0 Å². The van der Waals surface area contributed by atoms with Crippen molar-refractivity contribution < 1.29 is 0 Å². The van der Waals surface area contributed by atoms with Crippen molar-refractivity contribution in [3.63, 3.8) is 0 Å². The first-order valence-electron chi connectivity index (χ1n) is 3.79. The minimum Gasteiger partial charge on any atom is -0.198 e. The quantitative estimate of drug-likeness (QED) is 0.559. The average molecular weight is 146 g/mol. The lowest BCUT2D eigenvalue weighted by Crippen LogP contribution is -1.95. The van der Waals surface area contributed by atoms with Gasteiger partial charge in [-0.3, -0.25) is 0 Å². The van der Waals surface area contributed by atoms with Gasteiger partial charge in [-0.25, -0.2) is 0 Å². The first-order chi connectivity index (χ1) is 5.36. The molecule has 0 aliphatic heterocycles. The van der Waals surface area contributed by atoms with Crippen LogP contribution in [0.15, 0.2) is 12.2 Å². The SMILES string of the molecule is N#CC[C@H]1C=C[C@@H](CC#N)C1. The van der Waals surface area contributed by atoms with Gasteiger partial charge in [0.05, 0.1) is 12.1 Å². The molecule has 0 heterocycles. The third-order valence-electron chi connectivity index (χ3n) is 1.97. The second-order valence-electron chi connectivity index (χ2n) is 2.87. The highest BCUT2D eigenvalue weighted by Crippen LogP contribution is 2.27. The molecule has 1 aliphatic carbocycles. The largest absolute Gasteiger partial charge is 0.198 e. The van der Waals surface area contributed by atoms with Crippen molar-refractivity contribution in [2.75, 3.05) is 0 Å². The summed E-state index contributed by atoms with van der Waals surface area (Å²) in [6.45, 7) is 0. The fraction of sp³-hybridized carbons (Fsp3) is 0.556. The molecule has 0 fully saturated rings. The Kier molecular flexibility index (Phi) is 2.69. The van der Waals surface area contributed by atoms with Crippen LogP contribution in [0.25, 0.3) is 0 Å². The smallest absolute Gasteiger partial charge is 0.0627 e. The van der Waals surface area contributed by atoms with Crippen LogP contribution in [-0.4, -0.2) is 0 Å². The Morgan fingerprint density at radius 2 is 1.55 bits per heavy atom. The van der Waals surface area contributed by atoms with Crippen LogP contribution >= 0.6 is 0 Å². The Bertz CT molecular complexity index is 205. The first-order valence-corrected chi connectivity index (χ1v) is 3.79. The van der Waals surface area contributed by atoms with E-state index in [9.17, 15) is 0 Å². The molecule has 0 unspecified atom stereocenters. The molecule has 0 aromatic heterocycles. The summed E-state index contributed by atoms with van der Waals surface area (Å²) in [4.78, 5) is 0. The van der Waals surface area contributed by atoms with Crippen molar-refractivity contribution >= 4 is 0 Å². The van der Waals surface area contributed by atoms with Gasteiger partial charge in [-0.15, -0.1) is 0 Å². The summed E-state index contributed by atoms with van der Waals surface area (Å²) in [5.41, 5.74) is 0. The summed E-state index contributed by atoms with van der Waals surface area (Å²) in [5.74, 6) is 0.802. The van der Waals surface area contributed by atoms with Crippen molar-refractivity contribution in [3.05, 3.63) is 12.2 Å². The summed E-state index contributed by atoms with van der Waals surface area (Å²) in [5, 5.41) is 16.8. The predicted octanol–water partition coefficient (Wildman–Crippen LogP) is 2.01. The van der Waals surface area contributed by atoms with Gasteiger partial charge in [-0.2, -0.15) is 10.5 Å². The molecule has 0 amide bonds. The van der Waals surface area contributed by atoms with E-state index in [1.54, 1.807) is 0 Å². The van der Waals surface area contributed by atoms with Crippen LogP contribution in [-0.2, 0) is 0 Å². The zero-order valence-electron chi connectivity index (χ0n) is 6.33. The third kappa shape index (κ3) is 2.09. The molecule has 1 rings (SSSR count). The van der Waals surface area contributed by atoms with Gasteiger partial charge in [-0.1, -0.05) is 12.2 Å². The van der Waals surface area contributed by atoms with Crippen LogP contribution in [0.2, 0.25) is 0 Å². The zero-order chi connectivity index (χ0) is 8.10. The molecule has 11 heavy (non-hydrogen) atoms. The molecule has 0 radical (unpaired) electrons. The van der Waals surface area contributed by atoms with Crippen LogP contribution < -0.4 is 0 Å². The van der Waals surface area contributed by atoms with Gasteiger partial charge in [0.25, 0.3) is 0 Å². The summed E-state index contributed by atoms with van der Waals surface area (Å²) in [7, 11) is 0. The number of allylic oxidation sites excluding steroid dienone is 2. The summed E-state index contributed by atoms with van der Waals surface area (Å²) in [6, 6.07) is 4.28. The fourth-order valence-corrected chi connectivity index (χ4v) is 1.40. The standard InChI is InChI=1S/C9H10N2/c10-5-3-8-1-2-9(7-8)4-6-11/h1-2,8-9H,3-4,7H2/t8-,9+. The highest BCUT2D eigenvalue weighted by molar-refractivity contribution is 5.05. The Hall–Kier alpha value is -1.28. The van der Waals surface area contributed by atoms with E-state index in [1.807, 2.05) is 0 Å². The molecule has 0 aromatic rings. The molecule has 2 nitrogen and oxygen atoms in total. The van der Waals surface area contributed by atoms with Crippen LogP contribution in [0.4, 0.5) is 0 Å². The molecular weight excluding hydrogens is 136 g/mol. The topological polar surface area (TPSA) is 47.6 Å². The van der Waals surface area contributed by atoms with Crippen molar-refractivity contribution in [1.82, 2.24) is 0 Å². The van der Waals surface area contributed by atoms with Crippen LogP contribution in [0, 0.1) is 34.5 Å². The molecule has 56 valence electrons. The lowest BCUT2D eigenvalue weighted by Gasteiger charge is -2.03. The molecule has 0 spiro atoms. The Morgan fingerprint density at radius 1 is 1.09 bits per heavy atom. The molecular formula is C9H10N2. The van der Waals surface area contributed by atoms with E-state index in [0.29, 0.717) is 24.7 Å². The van der Waals surface area contributed by atoms with E-state index in [4.69, 9.17) is 10.5 Å². The maximum absolute atomic E-state index is 8.39. The van der Waals surface area contributed by atoms with E-state index in [0.717, 1.165) is 6.42 Å². The predicted molar refractivity (Wildman–Crippen MR) is 41.2 cm³/mol. The van der Waals surface area contributed by atoms with Gasteiger partial charge in [-0.05, 0) is 18.3 Å². The Balaban J connectivity index is 2.33. The molecule has 0 saturated carbocycles. The number of nitrogens with zero attached hydrogens (tertiary/aromatic N) is 2. The molecule has 2 atom stereocenters. The third-order valence-corrected chi connectivity index (χ3v) is 1.97. The van der Waals surface area contributed by atoms with Gasteiger partial charge in [0.15, 0.2) is 0 Å². The lowest BCUT2D eigenvalue weighted by atomic mass is 9.99. The summed E-state index contributed by atoms with van der Waals surface area (Å²) in [6.07, 6.45) is 6.30. The minimum absolute atomic E-state index is 0.401. The maximum atomic E-state index is 8.39. The fourth-order valence-electron chi connectivity index (χ4n) is 1.40. The van der Waals surface area contributed by atoms with E-state index >= 15 is 0 Å². The van der Waals surface area contributed by atoms with Crippen molar-refractivity contribution in [3.8, 4) is 12.1 Å². The lowest BCUT2D eigenvalue weighted by molar-refractivity contribution is 0.537. The first kappa shape index (κ1) is 7.82. The minimum atomic E-state index is 0.401. The molecule has 0 aromatic carbocycles. The number of hydrogen-bond acceptors (Lipinski definition) is 2. The van der Waals surface area contributed by atoms with Crippen LogP contribution in [0.1, 0.15) is 19.3 Å². The van der Waals surface area contributed by atoms with Gasteiger partial charge < -0.3 is 0 Å². The second-order valence-corrected chi connectivity index (χ2v) is 2.87. The highest BCUT2D eigenvalue weighted by atomic mass is 14.3. The van der Waals surface area contributed by atoms with Gasteiger partial charge in [0.2, 0.25) is 0 Å². The molecule has 0 bridgehead atoms. The molecule has 1 aliphatic rings. The number of rotatable bonds is 2. The van der Waals surface area contributed by atoms with Crippen molar-refractivity contribution in [1.29, 1.82) is 10.5 Å².